The Morgan fingerprint density at radius 1 is 1.47 bits per heavy atom. The van der Waals surface area contributed by atoms with Crippen LogP contribution in [0.5, 0.6) is 0 Å². The van der Waals surface area contributed by atoms with Gasteiger partial charge in [0.05, 0.1) is 16.3 Å². The largest absolute Gasteiger partial charge is 0.329 e. The summed E-state index contributed by atoms with van der Waals surface area (Å²) in [5.74, 6) is 0.160. The highest BCUT2D eigenvalue weighted by atomic mass is 32.2. The lowest BCUT2D eigenvalue weighted by Gasteiger charge is -2.16. The molecule has 102 valence electrons. The summed E-state index contributed by atoms with van der Waals surface area (Å²) in [7, 11) is -6.61. The summed E-state index contributed by atoms with van der Waals surface area (Å²) < 4.78 is 49.0. The van der Waals surface area contributed by atoms with Crippen molar-refractivity contribution in [1.82, 2.24) is 4.72 Å². The van der Waals surface area contributed by atoms with Gasteiger partial charge in [-0.1, -0.05) is 6.92 Å². The highest BCUT2D eigenvalue weighted by Gasteiger charge is 2.33. The van der Waals surface area contributed by atoms with Crippen molar-refractivity contribution in [3.63, 3.8) is 0 Å². The molecule has 0 aliphatic carbocycles. The van der Waals surface area contributed by atoms with E-state index in [0.29, 0.717) is 19.3 Å². The first kappa shape index (κ1) is 14.9. The second kappa shape index (κ2) is 5.64. The highest BCUT2D eigenvalue weighted by Crippen LogP contribution is 2.19. The first-order valence-corrected chi connectivity index (χ1v) is 8.99. The van der Waals surface area contributed by atoms with Crippen molar-refractivity contribution < 1.29 is 16.8 Å². The number of rotatable bonds is 6. The Morgan fingerprint density at radius 3 is 2.53 bits per heavy atom. The summed E-state index contributed by atoms with van der Waals surface area (Å²) in [6.07, 6.45) is 1.57. The van der Waals surface area contributed by atoms with Crippen LogP contribution < -0.4 is 10.5 Å². The molecule has 0 aromatic rings. The van der Waals surface area contributed by atoms with E-state index < -0.39 is 30.4 Å². The molecule has 1 aliphatic heterocycles. The average molecular weight is 284 g/mol. The van der Waals surface area contributed by atoms with E-state index in [4.69, 9.17) is 5.73 Å². The van der Waals surface area contributed by atoms with E-state index >= 15 is 0 Å². The van der Waals surface area contributed by atoms with Crippen LogP contribution in [0.2, 0.25) is 0 Å². The Bertz CT molecular complexity index is 440. The van der Waals surface area contributed by atoms with Crippen LogP contribution in [-0.2, 0) is 19.9 Å². The lowest BCUT2D eigenvalue weighted by Crippen LogP contribution is -2.42. The maximum Gasteiger partial charge on any atom is 0.215 e. The van der Waals surface area contributed by atoms with Gasteiger partial charge in [-0.15, -0.1) is 0 Å². The van der Waals surface area contributed by atoms with Crippen molar-refractivity contribution in [2.75, 3.05) is 18.8 Å². The molecule has 3 N–H and O–H groups in total. The number of nitrogens with two attached hydrogens (primary N) is 1. The molecule has 0 aromatic carbocycles. The maximum atomic E-state index is 11.8. The number of hydrogen-bond donors (Lipinski definition) is 2. The zero-order chi connectivity index (χ0) is 13.1. The van der Waals surface area contributed by atoms with Gasteiger partial charge in [0.1, 0.15) is 0 Å². The van der Waals surface area contributed by atoms with Crippen LogP contribution in [0.3, 0.4) is 0 Å². The fourth-order valence-corrected chi connectivity index (χ4v) is 5.16. The molecule has 1 saturated heterocycles. The summed E-state index contributed by atoms with van der Waals surface area (Å²) in [4.78, 5) is 0. The fraction of sp³-hybridized carbons (Fsp3) is 1.00. The molecule has 1 heterocycles. The third kappa shape index (κ3) is 3.64. The van der Waals surface area contributed by atoms with Gasteiger partial charge in [-0.2, -0.15) is 0 Å². The van der Waals surface area contributed by atoms with E-state index in [-0.39, 0.29) is 18.8 Å². The Kier molecular flexibility index (Phi) is 4.94. The monoisotopic (exact) mass is 284 g/mol. The molecule has 0 bridgehead atoms. The fourth-order valence-electron chi connectivity index (χ4n) is 1.93. The second-order valence-electron chi connectivity index (χ2n) is 4.29. The smallest absolute Gasteiger partial charge is 0.215 e. The summed E-state index contributed by atoms with van der Waals surface area (Å²) in [6.45, 7) is 1.76. The van der Waals surface area contributed by atoms with Crippen molar-refractivity contribution in [3.05, 3.63) is 0 Å². The van der Waals surface area contributed by atoms with Crippen molar-refractivity contribution in [2.24, 2.45) is 5.73 Å². The molecule has 0 saturated carbocycles. The third-order valence-electron chi connectivity index (χ3n) is 3.13. The van der Waals surface area contributed by atoms with Gasteiger partial charge in [-0.25, -0.2) is 21.6 Å². The Hall–Kier alpha value is -0.180. The molecular weight excluding hydrogens is 264 g/mol. The number of sulfone groups is 1. The maximum absolute atomic E-state index is 11.8. The van der Waals surface area contributed by atoms with E-state index in [2.05, 4.69) is 4.72 Å². The SMILES string of the molecule is CCC(CN)S(=O)(=O)NCC1CCCS1(=O)=O. The van der Waals surface area contributed by atoms with Gasteiger partial charge < -0.3 is 5.73 Å². The molecule has 8 heteroatoms. The van der Waals surface area contributed by atoms with Gasteiger partial charge in [-0.3, -0.25) is 0 Å². The standard InChI is InChI=1S/C9H20N2O4S2/c1-2-8(6-10)17(14,15)11-7-9-4-3-5-16(9,12)13/h8-9,11H,2-7,10H2,1H3. The van der Waals surface area contributed by atoms with Crippen LogP contribution in [0, 0.1) is 0 Å². The normalized spacial score (nSPS) is 25.9. The van der Waals surface area contributed by atoms with Crippen molar-refractivity contribution in [3.8, 4) is 0 Å². The summed E-state index contributed by atoms with van der Waals surface area (Å²) >= 11 is 0. The second-order valence-corrected chi connectivity index (χ2v) is 8.74. The Morgan fingerprint density at radius 2 is 2.12 bits per heavy atom. The molecule has 0 spiro atoms. The number of sulfonamides is 1. The van der Waals surface area contributed by atoms with Crippen LogP contribution in [0.15, 0.2) is 0 Å². The summed E-state index contributed by atoms with van der Waals surface area (Å²) in [6, 6.07) is 0. The van der Waals surface area contributed by atoms with E-state index in [1.54, 1.807) is 6.92 Å². The van der Waals surface area contributed by atoms with Crippen molar-refractivity contribution >= 4 is 19.9 Å². The summed E-state index contributed by atoms with van der Waals surface area (Å²) in [5, 5.41) is -1.22. The topological polar surface area (TPSA) is 106 Å². The summed E-state index contributed by atoms with van der Waals surface area (Å²) in [5.41, 5.74) is 5.37. The lowest BCUT2D eigenvalue weighted by atomic mass is 10.2. The van der Waals surface area contributed by atoms with Gasteiger partial charge in [0, 0.05) is 13.1 Å². The molecular formula is C9H20N2O4S2. The molecule has 1 aliphatic rings. The first-order chi connectivity index (χ1) is 7.83. The zero-order valence-electron chi connectivity index (χ0n) is 9.92. The molecule has 2 atom stereocenters. The van der Waals surface area contributed by atoms with Gasteiger partial charge >= 0.3 is 0 Å². The Balaban J connectivity index is 2.62. The van der Waals surface area contributed by atoms with E-state index in [1.807, 2.05) is 0 Å². The van der Waals surface area contributed by atoms with Crippen LogP contribution in [0.4, 0.5) is 0 Å². The van der Waals surface area contributed by atoms with Gasteiger partial charge in [-0.05, 0) is 19.3 Å². The van der Waals surface area contributed by atoms with Crippen molar-refractivity contribution in [1.29, 1.82) is 0 Å². The first-order valence-electron chi connectivity index (χ1n) is 5.73. The van der Waals surface area contributed by atoms with Gasteiger partial charge in [0.25, 0.3) is 0 Å². The lowest BCUT2D eigenvalue weighted by molar-refractivity contribution is 0.555. The van der Waals surface area contributed by atoms with Gasteiger partial charge in [0.15, 0.2) is 9.84 Å². The predicted octanol–water partition coefficient (Wildman–Crippen LogP) is -0.780. The molecule has 2 unspecified atom stereocenters. The highest BCUT2D eigenvalue weighted by molar-refractivity contribution is 7.92. The minimum Gasteiger partial charge on any atom is -0.329 e. The van der Waals surface area contributed by atoms with Crippen LogP contribution >= 0.6 is 0 Å². The molecule has 0 amide bonds. The molecule has 0 radical (unpaired) electrons. The quantitative estimate of drug-likeness (QED) is 0.665. The minimum absolute atomic E-state index is 0.0266. The van der Waals surface area contributed by atoms with Crippen molar-refractivity contribution in [2.45, 2.75) is 36.7 Å². The molecule has 0 aromatic heterocycles. The third-order valence-corrected chi connectivity index (χ3v) is 7.38. The van der Waals surface area contributed by atoms with Crippen LogP contribution in [0.1, 0.15) is 26.2 Å². The van der Waals surface area contributed by atoms with Gasteiger partial charge in [0.2, 0.25) is 10.0 Å². The molecule has 17 heavy (non-hydrogen) atoms. The van der Waals surface area contributed by atoms with E-state index in [0.717, 1.165) is 0 Å². The molecule has 1 rings (SSSR count). The van der Waals surface area contributed by atoms with Crippen LogP contribution in [-0.4, -0.2) is 46.2 Å². The average Bonchev–Trinajstić information content (AvgIpc) is 2.56. The molecule has 6 nitrogen and oxygen atoms in total. The number of hydrogen-bond acceptors (Lipinski definition) is 5. The molecule has 1 fully saturated rings. The van der Waals surface area contributed by atoms with E-state index in [1.165, 1.54) is 0 Å². The predicted molar refractivity (Wildman–Crippen MR) is 66.9 cm³/mol. The Labute approximate surface area is 103 Å². The number of nitrogens with one attached hydrogen (secondary N) is 1. The van der Waals surface area contributed by atoms with Crippen LogP contribution in [0.25, 0.3) is 0 Å². The zero-order valence-corrected chi connectivity index (χ0v) is 11.6. The minimum atomic E-state index is -3.50. The van der Waals surface area contributed by atoms with E-state index in [9.17, 15) is 16.8 Å².